The van der Waals surface area contributed by atoms with Gasteiger partial charge in [0.15, 0.2) is 0 Å². The quantitative estimate of drug-likeness (QED) is 0.909. The van der Waals surface area contributed by atoms with Crippen molar-refractivity contribution in [1.82, 2.24) is 9.88 Å². The van der Waals surface area contributed by atoms with Gasteiger partial charge in [0.05, 0.1) is 10.7 Å². The van der Waals surface area contributed by atoms with Crippen molar-refractivity contribution in [2.24, 2.45) is 0 Å². The molecule has 2 bridgehead atoms. The van der Waals surface area contributed by atoms with Gasteiger partial charge in [-0.25, -0.2) is 9.78 Å². The van der Waals surface area contributed by atoms with E-state index in [1.165, 1.54) is 24.2 Å². The van der Waals surface area contributed by atoms with E-state index in [1.807, 2.05) is 20.8 Å². The smallest absolute Gasteiger partial charge is 0.347 e. The number of rotatable bonds is 2. The van der Waals surface area contributed by atoms with Gasteiger partial charge in [-0.3, -0.25) is 0 Å². The third-order valence-electron chi connectivity index (χ3n) is 5.00. The first-order chi connectivity index (χ1) is 9.77. The van der Waals surface area contributed by atoms with Crippen molar-refractivity contribution in [3.8, 4) is 0 Å². The third-order valence-corrected chi connectivity index (χ3v) is 6.20. The summed E-state index contributed by atoms with van der Waals surface area (Å²) in [6.45, 7) is 6.11. The van der Waals surface area contributed by atoms with Crippen molar-refractivity contribution >= 4 is 17.3 Å². The largest absolute Gasteiger partial charge is 0.477 e. The summed E-state index contributed by atoms with van der Waals surface area (Å²) >= 11 is 1.40. The fourth-order valence-corrected chi connectivity index (χ4v) is 5.02. The second-order valence-electron chi connectivity index (χ2n) is 7.50. The SMILES string of the molecule is CN1C2CCC1CC(c1nc(C(C)(C)C)c(C(=O)O)s1)C2. The normalized spacial score (nSPS) is 29.8. The number of hydrogen-bond donors (Lipinski definition) is 1. The minimum absolute atomic E-state index is 0.215. The summed E-state index contributed by atoms with van der Waals surface area (Å²) < 4.78 is 0. The van der Waals surface area contributed by atoms with E-state index in [0.717, 1.165) is 23.5 Å². The van der Waals surface area contributed by atoms with E-state index in [9.17, 15) is 9.90 Å². The summed E-state index contributed by atoms with van der Waals surface area (Å²) in [5, 5.41) is 10.5. The first kappa shape index (κ1) is 15.0. The van der Waals surface area contributed by atoms with Crippen LogP contribution in [-0.2, 0) is 5.41 Å². The molecule has 2 saturated heterocycles. The van der Waals surface area contributed by atoms with Gasteiger partial charge in [-0.05, 0) is 32.7 Å². The predicted octanol–water partition coefficient (Wildman–Crippen LogP) is 3.48. The molecule has 0 saturated carbocycles. The molecule has 1 N–H and O–H groups in total. The molecule has 21 heavy (non-hydrogen) atoms. The van der Waals surface area contributed by atoms with Crippen molar-refractivity contribution < 1.29 is 9.90 Å². The van der Waals surface area contributed by atoms with Gasteiger partial charge in [-0.1, -0.05) is 20.8 Å². The average molecular weight is 308 g/mol. The molecule has 116 valence electrons. The lowest BCUT2D eigenvalue weighted by Crippen LogP contribution is -2.39. The van der Waals surface area contributed by atoms with Crippen LogP contribution in [0.5, 0.6) is 0 Å². The zero-order valence-corrected chi connectivity index (χ0v) is 14.0. The maximum atomic E-state index is 11.5. The monoisotopic (exact) mass is 308 g/mol. The Balaban J connectivity index is 1.92. The molecule has 2 fully saturated rings. The first-order valence-electron chi connectivity index (χ1n) is 7.73. The van der Waals surface area contributed by atoms with E-state index in [4.69, 9.17) is 4.98 Å². The molecule has 5 heteroatoms. The van der Waals surface area contributed by atoms with Crippen molar-refractivity contribution in [2.75, 3.05) is 7.05 Å². The van der Waals surface area contributed by atoms with Crippen molar-refractivity contribution in [1.29, 1.82) is 0 Å². The Bertz CT molecular complexity index is 547. The van der Waals surface area contributed by atoms with Crippen LogP contribution in [-0.4, -0.2) is 40.1 Å². The van der Waals surface area contributed by atoms with Crippen LogP contribution in [0.4, 0.5) is 0 Å². The fourth-order valence-electron chi connectivity index (χ4n) is 3.78. The van der Waals surface area contributed by atoms with Crippen LogP contribution in [0, 0.1) is 0 Å². The molecule has 1 aromatic rings. The molecule has 0 radical (unpaired) electrons. The molecule has 2 atom stereocenters. The van der Waals surface area contributed by atoms with Gasteiger partial charge in [-0.2, -0.15) is 0 Å². The number of piperidine rings is 1. The maximum absolute atomic E-state index is 11.5. The summed E-state index contributed by atoms with van der Waals surface area (Å²) in [6.07, 6.45) is 4.81. The molecule has 0 amide bonds. The molecule has 2 aliphatic heterocycles. The number of carbonyl (C=O) groups is 1. The van der Waals surface area contributed by atoms with Gasteiger partial charge in [0.1, 0.15) is 4.88 Å². The van der Waals surface area contributed by atoms with Crippen LogP contribution >= 0.6 is 11.3 Å². The maximum Gasteiger partial charge on any atom is 0.347 e. The summed E-state index contributed by atoms with van der Waals surface area (Å²) in [7, 11) is 2.23. The third kappa shape index (κ3) is 2.61. The summed E-state index contributed by atoms with van der Waals surface area (Å²) in [5.41, 5.74) is 0.536. The van der Waals surface area contributed by atoms with Crippen LogP contribution in [0.1, 0.15) is 72.7 Å². The molecule has 3 heterocycles. The highest BCUT2D eigenvalue weighted by molar-refractivity contribution is 7.13. The number of hydrogen-bond acceptors (Lipinski definition) is 4. The zero-order valence-electron chi connectivity index (χ0n) is 13.2. The molecule has 2 unspecified atom stereocenters. The summed E-state index contributed by atoms with van der Waals surface area (Å²) in [4.78, 5) is 19.2. The van der Waals surface area contributed by atoms with Gasteiger partial charge >= 0.3 is 5.97 Å². The molecule has 1 aromatic heterocycles. The van der Waals surface area contributed by atoms with Crippen molar-refractivity contribution in [3.05, 3.63) is 15.6 Å². The lowest BCUT2D eigenvalue weighted by molar-refractivity contribution is 0.0699. The topological polar surface area (TPSA) is 53.4 Å². The Hall–Kier alpha value is -0.940. The lowest BCUT2D eigenvalue weighted by Gasteiger charge is -2.35. The van der Waals surface area contributed by atoms with E-state index in [1.54, 1.807) is 0 Å². The molecular formula is C16H24N2O2S. The second-order valence-corrected chi connectivity index (χ2v) is 8.53. The highest BCUT2D eigenvalue weighted by Crippen LogP contribution is 2.44. The minimum atomic E-state index is -0.834. The number of aromatic carboxylic acids is 1. The summed E-state index contributed by atoms with van der Waals surface area (Å²) in [5.74, 6) is -0.391. The highest BCUT2D eigenvalue weighted by Gasteiger charge is 2.40. The Kier molecular flexibility index (Phi) is 3.61. The van der Waals surface area contributed by atoms with Crippen LogP contribution in [0.3, 0.4) is 0 Å². The van der Waals surface area contributed by atoms with E-state index in [-0.39, 0.29) is 5.41 Å². The number of carboxylic acid groups (broad SMARTS) is 1. The standard InChI is InChI=1S/C16H24N2O2S/c1-16(2,3)13-12(15(19)20)21-14(17-13)9-7-10-5-6-11(8-9)18(10)4/h9-11H,5-8H2,1-4H3,(H,19,20). The van der Waals surface area contributed by atoms with Crippen molar-refractivity contribution in [2.45, 2.75) is 69.9 Å². The molecule has 4 nitrogen and oxygen atoms in total. The molecule has 0 aliphatic carbocycles. The van der Waals surface area contributed by atoms with Crippen molar-refractivity contribution in [3.63, 3.8) is 0 Å². The van der Waals surface area contributed by atoms with E-state index in [0.29, 0.717) is 22.9 Å². The van der Waals surface area contributed by atoms with E-state index in [2.05, 4.69) is 11.9 Å². The van der Waals surface area contributed by atoms with Gasteiger partial charge in [-0.15, -0.1) is 11.3 Å². The predicted molar refractivity (Wildman–Crippen MR) is 84.3 cm³/mol. The van der Waals surface area contributed by atoms with Gasteiger partial charge in [0.2, 0.25) is 0 Å². The van der Waals surface area contributed by atoms with Crippen LogP contribution in [0.2, 0.25) is 0 Å². The molecule has 0 aromatic carbocycles. The van der Waals surface area contributed by atoms with Gasteiger partial charge in [0, 0.05) is 23.4 Å². The Labute approximate surface area is 130 Å². The second kappa shape index (κ2) is 5.06. The van der Waals surface area contributed by atoms with E-state index >= 15 is 0 Å². The first-order valence-corrected chi connectivity index (χ1v) is 8.55. The van der Waals surface area contributed by atoms with Gasteiger partial charge in [0.25, 0.3) is 0 Å². The number of carboxylic acids is 1. The number of aromatic nitrogens is 1. The van der Waals surface area contributed by atoms with Gasteiger partial charge < -0.3 is 10.0 Å². The van der Waals surface area contributed by atoms with Crippen LogP contribution < -0.4 is 0 Å². The Morgan fingerprint density at radius 2 is 1.86 bits per heavy atom. The Morgan fingerprint density at radius 1 is 1.29 bits per heavy atom. The molecule has 3 rings (SSSR count). The molecule has 2 aliphatic rings. The molecular weight excluding hydrogens is 284 g/mol. The Morgan fingerprint density at radius 3 is 2.29 bits per heavy atom. The minimum Gasteiger partial charge on any atom is -0.477 e. The summed E-state index contributed by atoms with van der Waals surface area (Å²) in [6, 6.07) is 1.31. The van der Waals surface area contributed by atoms with E-state index < -0.39 is 5.97 Å². The zero-order chi connectivity index (χ0) is 15.4. The number of nitrogens with zero attached hydrogens (tertiary/aromatic N) is 2. The number of thiazole rings is 1. The van der Waals surface area contributed by atoms with Crippen LogP contribution in [0.15, 0.2) is 0 Å². The fraction of sp³-hybridized carbons (Fsp3) is 0.750. The molecule has 0 spiro atoms. The highest BCUT2D eigenvalue weighted by atomic mass is 32.1. The number of fused-ring (bicyclic) bond motifs is 2. The van der Waals surface area contributed by atoms with Crippen LogP contribution in [0.25, 0.3) is 0 Å². The average Bonchev–Trinajstić information content (AvgIpc) is 2.89. The lowest BCUT2D eigenvalue weighted by atomic mass is 9.90.